The van der Waals surface area contributed by atoms with Crippen LogP contribution in [0.3, 0.4) is 0 Å². The van der Waals surface area contributed by atoms with Crippen molar-refractivity contribution in [1.29, 1.82) is 0 Å². The first kappa shape index (κ1) is 8.69. The van der Waals surface area contributed by atoms with Gasteiger partial charge in [0, 0.05) is 5.92 Å². The predicted octanol–water partition coefficient (Wildman–Crippen LogP) is 1.64. The predicted molar refractivity (Wildman–Crippen MR) is 46.1 cm³/mol. The zero-order chi connectivity index (χ0) is 9.42. The number of nitrogens with zero attached hydrogens (tertiary/aromatic N) is 2. The van der Waals surface area contributed by atoms with Crippen molar-refractivity contribution in [1.82, 2.24) is 10.1 Å². The minimum absolute atomic E-state index is 0.427. The molecule has 1 aromatic rings. The van der Waals surface area contributed by atoms with Crippen LogP contribution in [0.2, 0.25) is 0 Å². The summed E-state index contributed by atoms with van der Waals surface area (Å²) in [5.74, 6) is 2.21. The van der Waals surface area contributed by atoms with Gasteiger partial charge in [0.2, 0.25) is 5.89 Å². The van der Waals surface area contributed by atoms with Crippen molar-refractivity contribution < 1.29 is 9.63 Å². The monoisotopic (exact) mass is 182 g/mol. The molecular formula is C9H14N2O2. The van der Waals surface area contributed by atoms with Crippen molar-refractivity contribution in [2.75, 3.05) is 0 Å². The van der Waals surface area contributed by atoms with Gasteiger partial charge < -0.3 is 9.63 Å². The second kappa shape index (κ2) is 3.10. The van der Waals surface area contributed by atoms with E-state index in [9.17, 15) is 5.11 Å². The van der Waals surface area contributed by atoms with Gasteiger partial charge in [0.15, 0.2) is 5.82 Å². The third-order valence-corrected chi connectivity index (χ3v) is 2.57. The summed E-state index contributed by atoms with van der Waals surface area (Å²) in [6.07, 6.45) is 1.18. The zero-order valence-electron chi connectivity index (χ0n) is 7.90. The largest absolute Gasteiger partial charge is 0.385 e. The summed E-state index contributed by atoms with van der Waals surface area (Å²) in [6, 6.07) is 0. The average Bonchev–Trinajstić information content (AvgIpc) is 2.70. The van der Waals surface area contributed by atoms with E-state index in [0.717, 1.165) is 6.42 Å². The molecule has 3 atom stereocenters. The standard InChI is InChI=1S/C9H14N2O2/c1-3-7(12)8-10-9(13-11-8)6-4-5(6)2/h5-7,12H,3-4H2,1-2H3. The van der Waals surface area contributed by atoms with E-state index in [0.29, 0.717) is 30.0 Å². The zero-order valence-corrected chi connectivity index (χ0v) is 7.90. The molecule has 2 rings (SSSR count). The fraction of sp³-hybridized carbons (Fsp3) is 0.778. The quantitative estimate of drug-likeness (QED) is 0.771. The Labute approximate surface area is 77.0 Å². The molecule has 0 aromatic carbocycles. The molecule has 0 spiro atoms. The Morgan fingerprint density at radius 2 is 2.38 bits per heavy atom. The van der Waals surface area contributed by atoms with Crippen molar-refractivity contribution in [3.8, 4) is 0 Å². The van der Waals surface area contributed by atoms with Crippen LogP contribution in [0, 0.1) is 5.92 Å². The molecule has 4 nitrogen and oxygen atoms in total. The first-order valence-electron chi connectivity index (χ1n) is 4.74. The smallest absolute Gasteiger partial charge is 0.230 e. The van der Waals surface area contributed by atoms with Crippen LogP contribution in [0.1, 0.15) is 50.4 Å². The van der Waals surface area contributed by atoms with Crippen molar-refractivity contribution in [3.05, 3.63) is 11.7 Å². The Morgan fingerprint density at radius 1 is 1.69 bits per heavy atom. The summed E-state index contributed by atoms with van der Waals surface area (Å²) >= 11 is 0. The molecule has 1 heterocycles. The Kier molecular flexibility index (Phi) is 2.07. The lowest BCUT2D eigenvalue weighted by atomic mass is 10.3. The first-order chi connectivity index (χ1) is 6.22. The van der Waals surface area contributed by atoms with Gasteiger partial charge in [-0.15, -0.1) is 0 Å². The van der Waals surface area contributed by atoms with Crippen molar-refractivity contribution in [2.45, 2.75) is 38.7 Å². The van der Waals surface area contributed by atoms with Crippen LogP contribution in [0.4, 0.5) is 0 Å². The lowest BCUT2D eigenvalue weighted by Gasteiger charge is -1.97. The van der Waals surface area contributed by atoms with Crippen LogP contribution in [0.5, 0.6) is 0 Å². The lowest BCUT2D eigenvalue weighted by Crippen LogP contribution is -1.97. The third-order valence-electron chi connectivity index (χ3n) is 2.57. The second-order valence-electron chi connectivity index (χ2n) is 3.73. The van der Waals surface area contributed by atoms with Gasteiger partial charge in [-0.25, -0.2) is 0 Å². The van der Waals surface area contributed by atoms with E-state index >= 15 is 0 Å². The number of aliphatic hydroxyl groups excluding tert-OH is 1. The summed E-state index contributed by atoms with van der Waals surface area (Å²) in [5.41, 5.74) is 0. The highest BCUT2D eigenvalue weighted by Crippen LogP contribution is 2.46. The molecule has 72 valence electrons. The fourth-order valence-electron chi connectivity index (χ4n) is 1.38. The molecule has 0 aliphatic heterocycles. The van der Waals surface area contributed by atoms with Gasteiger partial charge in [0.1, 0.15) is 6.10 Å². The van der Waals surface area contributed by atoms with Crippen LogP contribution in [0.15, 0.2) is 4.52 Å². The van der Waals surface area contributed by atoms with E-state index in [-0.39, 0.29) is 0 Å². The molecule has 0 amide bonds. The Morgan fingerprint density at radius 3 is 2.92 bits per heavy atom. The van der Waals surface area contributed by atoms with Gasteiger partial charge in [0.05, 0.1) is 0 Å². The van der Waals surface area contributed by atoms with E-state index < -0.39 is 6.10 Å². The molecule has 3 unspecified atom stereocenters. The molecule has 1 aromatic heterocycles. The van der Waals surface area contributed by atoms with E-state index in [1.165, 1.54) is 0 Å². The number of rotatable bonds is 3. The normalized spacial score (nSPS) is 28.8. The van der Waals surface area contributed by atoms with Crippen molar-refractivity contribution in [2.24, 2.45) is 5.92 Å². The molecule has 1 saturated carbocycles. The maximum absolute atomic E-state index is 9.43. The molecule has 0 radical (unpaired) electrons. The van der Waals surface area contributed by atoms with Gasteiger partial charge >= 0.3 is 0 Å². The summed E-state index contributed by atoms with van der Waals surface area (Å²) in [6.45, 7) is 4.05. The van der Waals surface area contributed by atoms with Crippen LogP contribution in [-0.4, -0.2) is 15.2 Å². The number of aromatic nitrogens is 2. The Balaban J connectivity index is 2.09. The van der Waals surface area contributed by atoms with E-state index in [4.69, 9.17) is 4.52 Å². The molecule has 1 N–H and O–H groups in total. The summed E-state index contributed by atoms with van der Waals surface area (Å²) < 4.78 is 5.06. The first-order valence-corrected chi connectivity index (χ1v) is 4.74. The number of aliphatic hydroxyl groups is 1. The van der Waals surface area contributed by atoms with Gasteiger partial charge in [-0.2, -0.15) is 4.98 Å². The van der Waals surface area contributed by atoms with Crippen molar-refractivity contribution in [3.63, 3.8) is 0 Å². The number of hydrogen-bond donors (Lipinski definition) is 1. The topological polar surface area (TPSA) is 59.2 Å². The van der Waals surface area contributed by atoms with Gasteiger partial charge in [0.25, 0.3) is 0 Å². The highest BCUT2D eigenvalue weighted by atomic mass is 16.5. The second-order valence-corrected chi connectivity index (χ2v) is 3.73. The molecule has 13 heavy (non-hydrogen) atoms. The van der Waals surface area contributed by atoms with E-state index in [2.05, 4.69) is 17.1 Å². The maximum atomic E-state index is 9.43. The van der Waals surface area contributed by atoms with Crippen LogP contribution in [0.25, 0.3) is 0 Å². The molecule has 0 bridgehead atoms. The molecule has 1 aliphatic rings. The molecular weight excluding hydrogens is 168 g/mol. The Bertz CT molecular complexity index is 279. The summed E-state index contributed by atoms with van der Waals surface area (Å²) in [5, 5.41) is 13.2. The average molecular weight is 182 g/mol. The van der Waals surface area contributed by atoms with Crippen LogP contribution in [-0.2, 0) is 0 Å². The maximum Gasteiger partial charge on any atom is 0.230 e. The van der Waals surface area contributed by atoms with Gasteiger partial charge in [-0.3, -0.25) is 0 Å². The minimum Gasteiger partial charge on any atom is -0.385 e. The molecule has 4 heteroatoms. The minimum atomic E-state index is -0.577. The fourth-order valence-corrected chi connectivity index (χ4v) is 1.38. The highest BCUT2D eigenvalue weighted by molar-refractivity contribution is 5.06. The van der Waals surface area contributed by atoms with Gasteiger partial charge in [-0.05, 0) is 18.8 Å². The van der Waals surface area contributed by atoms with E-state index in [1.807, 2.05) is 6.92 Å². The van der Waals surface area contributed by atoms with Crippen molar-refractivity contribution >= 4 is 0 Å². The molecule has 1 fully saturated rings. The van der Waals surface area contributed by atoms with E-state index in [1.54, 1.807) is 0 Å². The summed E-state index contributed by atoms with van der Waals surface area (Å²) in [7, 11) is 0. The summed E-state index contributed by atoms with van der Waals surface area (Å²) in [4.78, 5) is 4.17. The van der Waals surface area contributed by atoms with Crippen LogP contribution >= 0.6 is 0 Å². The lowest BCUT2D eigenvalue weighted by molar-refractivity contribution is 0.159. The Hall–Kier alpha value is -0.900. The van der Waals surface area contributed by atoms with Crippen LogP contribution < -0.4 is 0 Å². The molecule has 1 aliphatic carbocycles. The van der Waals surface area contributed by atoms with Gasteiger partial charge in [-0.1, -0.05) is 19.0 Å². The molecule has 0 saturated heterocycles. The number of hydrogen-bond acceptors (Lipinski definition) is 4. The third kappa shape index (κ3) is 1.58. The SMILES string of the molecule is CCC(O)c1noc(C2CC2C)n1. The highest BCUT2D eigenvalue weighted by Gasteiger charge is 2.39.